The van der Waals surface area contributed by atoms with Gasteiger partial charge in [0, 0.05) is 18.7 Å². The maximum absolute atomic E-state index is 13.0. The summed E-state index contributed by atoms with van der Waals surface area (Å²) in [5.74, 6) is 0.239. The molecule has 0 aromatic heterocycles. The average Bonchev–Trinajstić information content (AvgIpc) is 2.51. The van der Waals surface area contributed by atoms with Crippen LogP contribution in [0.3, 0.4) is 0 Å². The van der Waals surface area contributed by atoms with Gasteiger partial charge in [-0.25, -0.2) is 4.39 Å². The molecule has 3 rings (SSSR count). The van der Waals surface area contributed by atoms with E-state index in [1.165, 1.54) is 12.1 Å². The van der Waals surface area contributed by atoms with Crippen molar-refractivity contribution < 1.29 is 13.9 Å². The van der Waals surface area contributed by atoms with E-state index in [0.29, 0.717) is 30.1 Å². The maximum atomic E-state index is 13.0. The number of anilines is 2. The third kappa shape index (κ3) is 2.62. The first-order chi connectivity index (χ1) is 10.6. The molecule has 0 fully saturated rings. The van der Waals surface area contributed by atoms with Crippen molar-refractivity contribution in [2.45, 2.75) is 19.4 Å². The smallest absolute Gasteiger partial charge is 0.268 e. The highest BCUT2D eigenvalue weighted by atomic mass is 19.1. The van der Waals surface area contributed by atoms with Gasteiger partial charge in [-0.1, -0.05) is 12.1 Å². The second-order valence-corrected chi connectivity index (χ2v) is 5.25. The Hall–Kier alpha value is -2.56. The number of hydrogen-bond acceptors (Lipinski definition) is 3. The van der Waals surface area contributed by atoms with Gasteiger partial charge in [0.2, 0.25) is 0 Å². The quantitative estimate of drug-likeness (QED) is 0.887. The molecule has 1 heterocycles. The van der Waals surface area contributed by atoms with Crippen LogP contribution in [0.2, 0.25) is 0 Å². The van der Waals surface area contributed by atoms with Gasteiger partial charge in [-0.05, 0) is 42.8 Å². The Morgan fingerprint density at radius 1 is 1.23 bits per heavy atom. The van der Waals surface area contributed by atoms with E-state index in [9.17, 15) is 9.18 Å². The molecule has 2 N–H and O–H groups in total. The number of hydrogen-bond donors (Lipinski definition) is 1. The van der Waals surface area contributed by atoms with Gasteiger partial charge in [0.25, 0.3) is 5.91 Å². The van der Waals surface area contributed by atoms with Crippen molar-refractivity contribution in [3.8, 4) is 5.75 Å². The fourth-order valence-electron chi connectivity index (χ4n) is 2.63. The predicted molar refractivity (Wildman–Crippen MR) is 83.4 cm³/mol. The normalized spacial score (nSPS) is 17.1. The van der Waals surface area contributed by atoms with Gasteiger partial charge >= 0.3 is 0 Å². The van der Waals surface area contributed by atoms with Crippen LogP contribution in [0.4, 0.5) is 15.8 Å². The number of likely N-dealkylation sites (N-methyl/N-ethyl adjacent to an activating group) is 1. The summed E-state index contributed by atoms with van der Waals surface area (Å²) in [6.07, 6.45) is -0.207. The highest BCUT2D eigenvalue weighted by Crippen LogP contribution is 2.36. The van der Waals surface area contributed by atoms with Crippen LogP contribution in [0.25, 0.3) is 0 Å². The standard InChI is InChI=1S/C17H17FN2O2/c1-2-20-14-10-13(19)7-8-15(14)22-16(17(20)21)9-11-3-5-12(18)6-4-11/h3-8,10,16H,2,9,19H2,1H3. The minimum Gasteiger partial charge on any atom is -0.478 e. The van der Waals surface area contributed by atoms with Crippen LogP contribution in [0.15, 0.2) is 42.5 Å². The highest BCUT2D eigenvalue weighted by molar-refractivity contribution is 6.00. The summed E-state index contributed by atoms with van der Waals surface area (Å²) in [7, 11) is 0. The molecule has 1 amide bonds. The largest absolute Gasteiger partial charge is 0.478 e. The lowest BCUT2D eigenvalue weighted by molar-refractivity contribution is -0.126. The van der Waals surface area contributed by atoms with Gasteiger partial charge in [0.15, 0.2) is 6.10 Å². The number of ether oxygens (including phenoxy) is 1. The van der Waals surface area contributed by atoms with Crippen LogP contribution >= 0.6 is 0 Å². The molecule has 1 unspecified atom stereocenters. The number of benzene rings is 2. The number of fused-ring (bicyclic) bond motifs is 1. The molecule has 0 bridgehead atoms. The molecular formula is C17H17FN2O2. The lowest BCUT2D eigenvalue weighted by Gasteiger charge is -2.34. The van der Waals surface area contributed by atoms with Gasteiger partial charge in [-0.3, -0.25) is 4.79 Å². The summed E-state index contributed by atoms with van der Waals surface area (Å²) in [5.41, 5.74) is 7.93. The Morgan fingerprint density at radius 3 is 2.64 bits per heavy atom. The maximum Gasteiger partial charge on any atom is 0.268 e. The SMILES string of the molecule is CCN1C(=O)C(Cc2ccc(F)cc2)Oc2ccc(N)cc21. The second-order valence-electron chi connectivity index (χ2n) is 5.25. The Kier molecular flexibility index (Phi) is 3.71. The van der Waals surface area contributed by atoms with Gasteiger partial charge < -0.3 is 15.4 Å². The summed E-state index contributed by atoms with van der Waals surface area (Å²) < 4.78 is 18.8. The molecule has 114 valence electrons. The molecule has 5 heteroatoms. The average molecular weight is 300 g/mol. The summed E-state index contributed by atoms with van der Waals surface area (Å²) >= 11 is 0. The minimum absolute atomic E-state index is 0.107. The summed E-state index contributed by atoms with van der Waals surface area (Å²) in [6, 6.07) is 11.4. The highest BCUT2D eigenvalue weighted by Gasteiger charge is 2.33. The number of halogens is 1. The summed E-state index contributed by atoms with van der Waals surface area (Å²) in [4.78, 5) is 14.3. The molecule has 1 aliphatic rings. The molecule has 0 radical (unpaired) electrons. The van der Waals surface area contributed by atoms with Crippen molar-refractivity contribution in [2.24, 2.45) is 0 Å². The van der Waals surface area contributed by atoms with E-state index in [0.717, 1.165) is 5.56 Å². The number of rotatable bonds is 3. The van der Waals surface area contributed by atoms with E-state index in [1.54, 1.807) is 35.2 Å². The molecule has 4 nitrogen and oxygen atoms in total. The molecule has 22 heavy (non-hydrogen) atoms. The Morgan fingerprint density at radius 2 is 1.95 bits per heavy atom. The molecule has 1 aliphatic heterocycles. The number of amides is 1. The Labute approximate surface area is 128 Å². The van der Waals surface area contributed by atoms with Gasteiger partial charge in [-0.2, -0.15) is 0 Å². The van der Waals surface area contributed by atoms with Crippen LogP contribution < -0.4 is 15.4 Å². The molecule has 2 aromatic carbocycles. The van der Waals surface area contributed by atoms with Crippen molar-refractivity contribution in [1.29, 1.82) is 0 Å². The van der Waals surface area contributed by atoms with Crippen LogP contribution in [0.1, 0.15) is 12.5 Å². The van der Waals surface area contributed by atoms with Crippen LogP contribution in [-0.2, 0) is 11.2 Å². The van der Waals surface area contributed by atoms with Gasteiger partial charge in [-0.15, -0.1) is 0 Å². The zero-order chi connectivity index (χ0) is 15.7. The van der Waals surface area contributed by atoms with Crippen molar-refractivity contribution in [2.75, 3.05) is 17.2 Å². The fourth-order valence-corrected chi connectivity index (χ4v) is 2.63. The van der Waals surface area contributed by atoms with E-state index in [-0.39, 0.29) is 11.7 Å². The molecular weight excluding hydrogens is 283 g/mol. The van der Waals surface area contributed by atoms with Crippen molar-refractivity contribution in [3.63, 3.8) is 0 Å². The molecule has 1 atom stereocenters. The van der Waals surface area contributed by atoms with Crippen LogP contribution in [0.5, 0.6) is 5.75 Å². The van der Waals surface area contributed by atoms with E-state index in [1.807, 2.05) is 6.92 Å². The number of carbonyl (C=O) groups excluding carboxylic acids is 1. The van der Waals surface area contributed by atoms with Crippen molar-refractivity contribution in [1.82, 2.24) is 0 Å². The van der Waals surface area contributed by atoms with Gasteiger partial charge in [0.05, 0.1) is 5.69 Å². The van der Waals surface area contributed by atoms with E-state index in [2.05, 4.69) is 0 Å². The van der Waals surface area contributed by atoms with Crippen molar-refractivity contribution in [3.05, 3.63) is 53.8 Å². The first kappa shape index (κ1) is 14.4. The molecule has 0 saturated heterocycles. The summed E-state index contributed by atoms with van der Waals surface area (Å²) in [5, 5.41) is 0. The molecule has 2 aromatic rings. The summed E-state index contributed by atoms with van der Waals surface area (Å²) in [6.45, 7) is 2.45. The van der Waals surface area contributed by atoms with E-state index < -0.39 is 6.10 Å². The van der Waals surface area contributed by atoms with Crippen LogP contribution in [0, 0.1) is 5.82 Å². The van der Waals surface area contributed by atoms with E-state index >= 15 is 0 Å². The van der Waals surface area contributed by atoms with Crippen molar-refractivity contribution >= 4 is 17.3 Å². The minimum atomic E-state index is -0.610. The fraction of sp³-hybridized carbons (Fsp3) is 0.235. The number of nitrogens with zero attached hydrogens (tertiary/aromatic N) is 1. The lowest BCUT2D eigenvalue weighted by Crippen LogP contribution is -2.46. The predicted octanol–water partition coefficient (Wildman–Crippen LogP) is 2.76. The first-order valence-corrected chi connectivity index (χ1v) is 7.20. The topological polar surface area (TPSA) is 55.6 Å². The molecule has 0 aliphatic carbocycles. The Balaban J connectivity index is 1.89. The zero-order valence-corrected chi connectivity index (χ0v) is 12.3. The van der Waals surface area contributed by atoms with E-state index in [4.69, 9.17) is 10.5 Å². The number of nitrogen functional groups attached to an aromatic ring is 1. The Bertz CT molecular complexity index is 700. The zero-order valence-electron chi connectivity index (χ0n) is 12.3. The second kappa shape index (κ2) is 5.67. The molecule has 0 spiro atoms. The first-order valence-electron chi connectivity index (χ1n) is 7.20. The number of carbonyl (C=O) groups is 1. The monoisotopic (exact) mass is 300 g/mol. The third-order valence-electron chi connectivity index (χ3n) is 3.74. The van der Waals surface area contributed by atoms with Crippen LogP contribution in [-0.4, -0.2) is 18.6 Å². The number of nitrogens with two attached hydrogens (primary N) is 1. The molecule has 0 saturated carbocycles. The lowest BCUT2D eigenvalue weighted by atomic mass is 10.0. The third-order valence-corrected chi connectivity index (χ3v) is 3.74. The van der Waals surface area contributed by atoms with Gasteiger partial charge in [0.1, 0.15) is 11.6 Å².